The number of nitrogens with one attached hydrogen (secondary N) is 1. The molecule has 10 heavy (non-hydrogen) atoms. The molecule has 0 saturated heterocycles. The summed E-state index contributed by atoms with van der Waals surface area (Å²) in [6.45, 7) is 7.40. The molecule has 0 aliphatic carbocycles. The molecule has 0 aromatic rings. The maximum absolute atomic E-state index is 10.3. The summed E-state index contributed by atoms with van der Waals surface area (Å²) in [6, 6.07) is 0. The SMILES string of the molecule is CC(=O)/C=N/NC(C)(C)C. The summed E-state index contributed by atoms with van der Waals surface area (Å²) in [7, 11) is 0. The number of hydrogen-bond donors (Lipinski definition) is 1. The Balaban J connectivity index is 3.64. The topological polar surface area (TPSA) is 41.5 Å². The van der Waals surface area contributed by atoms with Crippen molar-refractivity contribution in [1.29, 1.82) is 0 Å². The highest BCUT2D eigenvalue weighted by Gasteiger charge is 2.05. The molecule has 0 aliphatic heterocycles. The van der Waals surface area contributed by atoms with Crippen LogP contribution in [0.25, 0.3) is 0 Å². The van der Waals surface area contributed by atoms with Crippen LogP contribution in [0.5, 0.6) is 0 Å². The van der Waals surface area contributed by atoms with Crippen LogP contribution in [0, 0.1) is 0 Å². The lowest BCUT2D eigenvalue weighted by Gasteiger charge is -2.16. The number of hydrazone groups is 1. The van der Waals surface area contributed by atoms with E-state index in [-0.39, 0.29) is 11.3 Å². The summed E-state index contributed by atoms with van der Waals surface area (Å²) in [5.74, 6) is -0.0447. The van der Waals surface area contributed by atoms with Crippen molar-refractivity contribution in [2.75, 3.05) is 0 Å². The number of rotatable bonds is 2. The molecular formula is C7H14N2O. The van der Waals surface area contributed by atoms with Gasteiger partial charge in [0, 0.05) is 12.5 Å². The second kappa shape index (κ2) is 3.34. The Morgan fingerprint density at radius 2 is 2.00 bits per heavy atom. The van der Waals surface area contributed by atoms with Crippen LogP contribution in [0.3, 0.4) is 0 Å². The minimum absolute atomic E-state index is 0.0447. The fourth-order valence-corrected chi connectivity index (χ4v) is 0.317. The monoisotopic (exact) mass is 142 g/mol. The van der Waals surface area contributed by atoms with Gasteiger partial charge in [-0.3, -0.25) is 4.79 Å². The molecule has 0 rings (SSSR count). The Labute approximate surface area is 61.5 Å². The first kappa shape index (κ1) is 9.14. The lowest BCUT2D eigenvalue weighted by molar-refractivity contribution is -0.110. The first-order valence-corrected chi connectivity index (χ1v) is 3.22. The molecular weight excluding hydrogens is 128 g/mol. The third-order valence-electron chi connectivity index (χ3n) is 0.646. The summed E-state index contributed by atoms with van der Waals surface area (Å²) in [4.78, 5) is 10.3. The number of nitrogens with zero attached hydrogens (tertiary/aromatic N) is 1. The third-order valence-corrected chi connectivity index (χ3v) is 0.646. The Hall–Kier alpha value is -0.860. The molecule has 0 spiro atoms. The molecule has 0 heterocycles. The third kappa shape index (κ3) is 7.14. The first-order valence-electron chi connectivity index (χ1n) is 3.22. The maximum atomic E-state index is 10.3. The van der Waals surface area contributed by atoms with Gasteiger partial charge < -0.3 is 5.43 Å². The van der Waals surface area contributed by atoms with Crippen LogP contribution >= 0.6 is 0 Å². The number of carbonyl (C=O) groups excluding carboxylic acids is 1. The second-order valence-electron chi connectivity index (χ2n) is 3.23. The van der Waals surface area contributed by atoms with Crippen molar-refractivity contribution < 1.29 is 4.79 Å². The predicted octanol–water partition coefficient (Wildman–Crippen LogP) is 0.949. The minimum Gasteiger partial charge on any atom is -0.305 e. The molecule has 0 aliphatic rings. The van der Waals surface area contributed by atoms with E-state index in [2.05, 4.69) is 10.5 Å². The molecule has 0 atom stereocenters. The zero-order chi connectivity index (χ0) is 8.20. The molecule has 0 unspecified atom stereocenters. The van der Waals surface area contributed by atoms with Gasteiger partial charge in [-0.1, -0.05) is 0 Å². The number of hydrogen-bond acceptors (Lipinski definition) is 3. The van der Waals surface area contributed by atoms with Crippen LogP contribution in [-0.2, 0) is 4.79 Å². The summed E-state index contributed by atoms with van der Waals surface area (Å²) in [6.07, 6.45) is 1.27. The van der Waals surface area contributed by atoms with Gasteiger partial charge in [-0.25, -0.2) is 0 Å². The molecule has 1 N–H and O–H groups in total. The van der Waals surface area contributed by atoms with E-state index >= 15 is 0 Å². The number of ketones is 1. The summed E-state index contributed by atoms with van der Waals surface area (Å²) in [5, 5.41) is 3.72. The number of Topliss-reactive ketones (excluding diaryl/α,β-unsaturated/α-hetero) is 1. The highest BCUT2D eigenvalue weighted by atomic mass is 16.1. The average molecular weight is 142 g/mol. The van der Waals surface area contributed by atoms with Gasteiger partial charge in [0.05, 0.1) is 6.21 Å². The standard InChI is InChI=1S/C7H14N2O/c1-6(10)5-8-9-7(2,3)4/h5,9H,1-4H3/b8-5+. The predicted molar refractivity (Wildman–Crippen MR) is 42.1 cm³/mol. The minimum atomic E-state index is -0.0635. The Kier molecular flexibility index (Phi) is 3.06. The van der Waals surface area contributed by atoms with E-state index in [4.69, 9.17) is 0 Å². The molecule has 58 valence electrons. The van der Waals surface area contributed by atoms with Crippen LogP contribution in [0.4, 0.5) is 0 Å². The Bertz CT molecular complexity index is 144. The van der Waals surface area contributed by atoms with Gasteiger partial charge in [0.15, 0.2) is 5.78 Å². The average Bonchev–Trinajstić information content (AvgIpc) is 1.59. The van der Waals surface area contributed by atoms with E-state index in [0.717, 1.165) is 0 Å². The van der Waals surface area contributed by atoms with Crippen LogP contribution in [0.15, 0.2) is 5.10 Å². The quantitative estimate of drug-likeness (QED) is 0.460. The van der Waals surface area contributed by atoms with Crippen molar-refractivity contribution in [3.63, 3.8) is 0 Å². The summed E-state index contributed by atoms with van der Waals surface area (Å²) in [5.41, 5.74) is 2.74. The van der Waals surface area contributed by atoms with Gasteiger partial charge in [0.1, 0.15) is 0 Å². The van der Waals surface area contributed by atoms with Gasteiger partial charge in [-0.05, 0) is 20.8 Å². The fourth-order valence-electron chi connectivity index (χ4n) is 0.317. The van der Waals surface area contributed by atoms with Gasteiger partial charge >= 0.3 is 0 Å². The van der Waals surface area contributed by atoms with Gasteiger partial charge in [0.25, 0.3) is 0 Å². The lowest BCUT2D eigenvalue weighted by atomic mass is 10.1. The number of carbonyl (C=O) groups is 1. The van der Waals surface area contributed by atoms with Crippen LogP contribution in [0.1, 0.15) is 27.7 Å². The van der Waals surface area contributed by atoms with Gasteiger partial charge in [0.2, 0.25) is 0 Å². The normalized spacial score (nSPS) is 12.0. The molecule has 0 fully saturated rings. The van der Waals surface area contributed by atoms with Crippen LogP contribution < -0.4 is 5.43 Å². The van der Waals surface area contributed by atoms with Crippen molar-refractivity contribution in [3.8, 4) is 0 Å². The maximum Gasteiger partial charge on any atom is 0.172 e. The van der Waals surface area contributed by atoms with Crippen molar-refractivity contribution in [3.05, 3.63) is 0 Å². The molecule has 0 aromatic heterocycles. The molecule has 3 nitrogen and oxygen atoms in total. The first-order chi connectivity index (χ1) is 4.42. The second-order valence-corrected chi connectivity index (χ2v) is 3.23. The highest BCUT2D eigenvalue weighted by molar-refractivity contribution is 6.26. The molecule has 0 aromatic carbocycles. The van der Waals surface area contributed by atoms with Gasteiger partial charge in [-0.15, -0.1) is 0 Å². The fraction of sp³-hybridized carbons (Fsp3) is 0.714. The van der Waals surface area contributed by atoms with Crippen molar-refractivity contribution in [2.45, 2.75) is 33.2 Å². The molecule has 0 amide bonds. The molecule has 0 saturated carbocycles. The molecule has 0 bridgehead atoms. The largest absolute Gasteiger partial charge is 0.305 e. The molecule has 0 radical (unpaired) electrons. The Morgan fingerprint density at radius 3 is 2.30 bits per heavy atom. The zero-order valence-electron chi connectivity index (χ0n) is 6.93. The van der Waals surface area contributed by atoms with E-state index < -0.39 is 0 Å². The summed E-state index contributed by atoms with van der Waals surface area (Å²) < 4.78 is 0. The van der Waals surface area contributed by atoms with Crippen molar-refractivity contribution >= 4 is 12.0 Å². The lowest BCUT2D eigenvalue weighted by Crippen LogP contribution is -2.31. The highest BCUT2D eigenvalue weighted by Crippen LogP contribution is 1.96. The Morgan fingerprint density at radius 1 is 1.50 bits per heavy atom. The van der Waals surface area contributed by atoms with E-state index in [1.807, 2.05) is 20.8 Å². The van der Waals surface area contributed by atoms with E-state index in [1.165, 1.54) is 13.1 Å². The zero-order valence-corrected chi connectivity index (χ0v) is 6.93. The van der Waals surface area contributed by atoms with Crippen molar-refractivity contribution in [2.24, 2.45) is 5.10 Å². The summed E-state index contributed by atoms with van der Waals surface area (Å²) >= 11 is 0. The van der Waals surface area contributed by atoms with Crippen LogP contribution in [0.2, 0.25) is 0 Å². The van der Waals surface area contributed by atoms with E-state index in [0.29, 0.717) is 0 Å². The molecule has 3 heteroatoms. The smallest absolute Gasteiger partial charge is 0.172 e. The van der Waals surface area contributed by atoms with E-state index in [9.17, 15) is 4.79 Å². The van der Waals surface area contributed by atoms with Crippen LogP contribution in [-0.4, -0.2) is 17.5 Å². The van der Waals surface area contributed by atoms with E-state index in [1.54, 1.807) is 0 Å². The van der Waals surface area contributed by atoms with Crippen molar-refractivity contribution in [1.82, 2.24) is 5.43 Å². The van der Waals surface area contributed by atoms with Gasteiger partial charge in [-0.2, -0.15) is 5.10 Å².